The maximum Gasteiger partial charge on any atom is 0.372 e. The third-order valence-corrected chi connectivity index (χ3v) is 3.32. The second-order valence-corrected chi connectivity index (χ2v) is 5.04. The number of hydrogen-bond acceptors (Lipinski definition) is 3. The minimum absolute atomic E-state index is 0.0183. The van der Waals surface area contributed by atoms with Crippen LogP contribution >= 0.6 is 0 Å². The highest BCUT2D eigenvalue weighted by Gasteiger charge is 2.14. The van der Waals surface area contributed by atoms with Crippen molar-refractivity contribution >= 4 is 5.97 Å². The highest BCUT2D eigenvalue weighted by atomic mass is 16.4. The molecule has 0 saturated carbocycles. The number of aryl methyl sites for hydroxylation is 2. The summed E-state index contributed by atoms with van der Waals surface area (Å²) in [6.07, 6.45) is 0. The van der Waals surface area contributed by atoms with Gasteiger partial charge in [0.15, 0.2) is 0 Å². The third-order valence-electron chi connectivity index (χ3n) is 3.32. The Hall–Kier alpha value is -2.07. The van der Waals surface area contributed by atoms with E-state index in [9.17, 15) is 4.79 Å². The van der Waals surface area contributed by atoms with Crippen molar-refractivity contribution in [1.82, 2.24) is 5.32 Å². The van der Waals surface area contributed by atoms with Gasteiger partial charge in [0.1, 0.15) is 5.76 Å². The predicted octanol–water partition coefficient (Wildman–Crippen LogP) is 3.45. The van der Waals surface area contributed by atoms with Gasteiger partial charge in [-0.05, 0) is 32.4 Å². The van der Waals surface area contributed by atoms with E-state index in [1.165, 1.54) is 11.1 Å². The van der Waals surface area contributed by atoms with Crippen molar-refractivity contribution in [2.75, 3.05) is 0 Å². The molecule has 2 rings (SSSR count). The Labute approximate surface area is 118 Å². The van der Waals surface area contributed by atoms with Gasteiger partial charge in [-0.15, -0.1) is 0 Å². The molecule has 0 bridgehead atoms. The van der Waals surface area contributed by atoms with E-state index in [2.05, 4.69) is 43.4 Å². The molecule has 1 heterocycles. The topological polar surface area (TPSA) is 62.5 Å². The summed E-state index contributed by atoms with van der Waals surface area (Å²) in [6, 6.07) is 10.3. The van der Waals surface area contributed by atoms with Crippen LogP contribution in [0, 0.1) is 13.8 Å². The molecule has 4 nitrogen and oxygen atoms in total. The average Bonchev–Trinajstić information content (AvgIpc) is 2.78. The lowest BCUT2D eigenvalue weighted by Crippen LogP contribution is -2.17. The highest BCUT2D eigenvalue weighted by molar-refractivity contribution is 5.86. The minimum Gasteiger partial charge on any atom is -0.475 e. The Balaban J connectivity index is 1.99. The molecule has 0 radical (unpaired) electrons. The van der Waals surface area contributed by atoms with Gasteiger partial charge in [-0.1, -0.05) is 29.8 Å². The predicted molar refractivity (Wildman–Crippen MR) is 76.8 cm³/mol. The van der Waals surface area contributed by atoms with Gasteiger partial charge in [0.2, 0.25) is 5.76 Å². The van der Waals surface area contributed by atoms with E-state index >= 15 is 0 Å². The number of carboxylic acids is 1. The van der Waals surface area contributed by atoms with Crippen LogP contribution in [0.4, 0.5) is 0 Å². The zero-order chi connectivity index (χ0) is 14.7. The van der Waals surface area contributed by atoms with Gasteiger partial charge in [0.05, 0.1) is 6.54 Å². The summed E-state index contributed by atoms with van der Waals surface area (Å²) in [5, 5.41) is 12.3. The van der Waals surface area contributed by atoms with E-state index in [-0.39, 0.29) is 11.8 Å². The molecule has 0 aliphatic carbocycles. The number of benzene rings is 1. The summed E-state index contributed by atoms with van der Waals surface area (Å²) in [7, 11) is 0. The van der Waals surface area contributed by atoms with Gasteiger partial charge in [-0.3, -0.25) is 0 Å². The van der Waals surface area contributed by atoms with Crippen molar-refractivity contribution in [1.29, 1.82) is 0 Å². The first-order chi connectivity index (χ1) is 9.47. The first-order valence-corrected chi connectivity index (χ1v) is 6.60. The van der Waals surface area contributed by atoms with Gasteiger partial charge in [0, 0.05) is 11.6 Å². The second-order valence-electron chi connectivity index (χ2n) is 5.04. The van der Waals surface area contributed by atoms with Gasteiger partial charge < -0.3 is 14.8 Å². The van der Waals surface area contributed by atoms with Gasteiger partial charge in [-0.25, -0.2) is 4.79 Å². The largest absolute Gasteiger partial charge is 0.475 e. The first-order valence-electron chi connectivity index (χ1n) is 6.60. The summed E-state index contributed by atoms with van der Waals surface area (Å²) in [4.78, 5) is 10.9. The van der Waals surface area contributed by atoms with Gasteiger partial charge in [-0.2, -0.15) is 0 Å². The molecule has 4 heteroatoms. The van der Waals surface area contributed by atoms with E-state index in [4.69, 9.17) is 9.52 Å². The average molecular weight is 273 g/mol. The van der Waals surface area contributed by atoms with E-state index < -0.39 is 5.97 Å². The van der Waals surface area contributed by atoms with E-state index in [0.717, 1.165) is 0 Å². The molecular formula is C16H19NO3. The second kappa shape index (κ2) is 5.92. The van der Waals surface area contributed by atoms with Crippen molar-refractivity contribution in [3.05, 3.63) is 58.5 Å². The number of carbonyl (C=O) groups is 1. The van der Waals surface area contributed by atoms with Crippen molar-refractivity contribution in [2.45, 2.75) is 33.4 Å². The maximum absolute atomic E-state index is 10.9. The minimum atomic E-state index is -1.03. The molecule has 0 fully saturated rings. The Morgan fingerprint density at radius 2 is 1.95 bits per heavy atom. The molecule has 0 unspecified atom stereocenters. The van der Waals surface area contributed by atoms with Crippen LogP contribution < -0.4 is 5.32 Å². The van der Waals surface area contributed by atoms with Crippen LogP contribution in [0.15, 0.2) is 34.7 Å². The van der Waals surface area contributed by atoms with Crippen LogP contribution in [0.3, 0.4) is 0 Å². The summed E-state index contributed by atoms with van der Waals surface area (Å²) in [6.45, 7) is 6.36. The van der Waals surface area contributed by atoms with Crippen molar-refractivity contribution < 1.29 is 14.3 Å². The normalized spacial score (nSPS) is 12.3. The Morgan fingerprint density at radius 3 is 2.50 bits per heavy atom. The van der Waals surface area contributed by atoms with E-state index in [1.807, 2.05) is 0 Å². The van der Waals surface area contributed by atoms with E-state index in [1.54, 1.807) is 13.0 Å². The molecule has 0 aliphatic rings. The number of nitrogens with one attached hydrogen (secondary N) is 1. The van der Waals surface area contributed by atoms with E-state index in [0.29, 0.717) is 17.9 Å². The lowest BCUT2D eigenvalue weighted by molar-refractivity contribution is 0.0659. The Kier molecular flexibility index (Phi) is 4.25. The molecule has 1 aromatic heterocycles. The fraction of sp³-hybridized carbons (Fsp3) is 0.312. The number of hydrogen-bond donors (Lipinski definition) is 2. The molecule has 106 valence electrons. The summed E-state index contributed by atoms with van der Waals surface area (Å²) >= 11 is 0. The smallest absolute Gasteiger partial charge is 0.372 e. The molecule has 1 aromatic carbocycles. The van der Waals surface area contributed by atoms with Gasteiger partial charge in [0.25, 0.3) is 0 Å². The molecule has 0 amide bonds. The van der Waals surface area contributed by atoms with Crippen LogP contribution in [0.2, 0.25) is 0 Å². The molecule has 0 spiro atoms. The standard InChI is InChI=1S/C16H19NO3/c1-10-4-6-13(7-5-10)12(3)17-9-14-8-11(2)15(20-14)16(18)19/h4-8,12,17H,9H2,1-3H3,(H,18,19)/t12-/m1/s1. The van der Waals surface area contributed by atoms with Crippen molar-refractivity contribution in [2.24, 2.45) is 0 Å². The number of carboxylic acid groups (broad SMARTS) is 1. The molecular weight excluding hydrogens is 254 g/mol. The van der Waals surface area contributed by atoms with Crippen molar-refractivity contribution in [3.8, 4) is 0 Å². The van der Waals surface area contributed by atoms with Gasteiger partial charge >= 0.3 is 5.97 Å². The van der Waals surface area contributed by atoms with Crippen LogP contribution in [0.5, 0.6) is 0 Å². The molecule has 1 atom stereocenters. The quantitative estimate of drug-likeness (QED) is 0.876. The monoisotopic (exact) mass is 273 g/mol. The SMILES string of the molecule is Cc1ccc([C@@H](C)NCc2cc(C)c(C(=O)O)o2)cc1. The Bertz CT molecular complexity index is 599. The van der Waals surface area contributed by atoms with Crippen LogP contribution in [-0.2, 0) is 6.54 Å². The molecule has 2 aromatic rings. The van der Waals surface area contributed by atoms with Crippen LogP contribution in [0.25, 0.3) is 0 Å². The molecule has 0 saturated heterocycles. The lowest BCUT2D eigenvalue weighted by atomic mass is 10.1. The highest BCUT2D eigenvalue weighted by Crippen LogP contribution is 2.17. The lowest BCUT2D eigenvalue weighted by Gasteiger charge is -2.13. The summed E-state index contributed by atoms with van der Waals surface area (Å²) in [5.41, 5.74) is 3.07. The molecule has 20 heavy (non-hydrogen) atoms. The summed E-state index contributed by atoms with van der Waals surface area (Å²) < 4.78 is 5.32. The third kappa shape index (κ3) is 3.27. The first kappa shape index (κ1) is 14.3. The fourth-order valence-corrected chi connectivity index (χ4v) is 2.07. The maximum atomic E-state index is 10.9. The molecule has 2 N–H and O–H groups in total. The van der Waals surface area contributed by atoms with Crippen LogP contribution in [0.1, 0.15) is 46.0 Å². The Morgan fingerprint density at radius 1 is 1.30 bits per heavy atom. The zero-order valence-corrected chi connectivity index (χ0v) is 11.9. The number of aromatic carboxylic acids is 1. The number of rotatable bonds is 5. The number of furan rings is 1. The summed E-state index contributed by atoms with van der Waals surface area (Å²) in [5.74, 6) is -0.371. The zero-order valence-electron chi connectivity index (χ0n) is 11.9. The van der Waals surface area contributed by atoms with Crippen LogP contribution in [-0.4, -0.2) is 11.1 Å². The fourth-order valence-electron chi connectivity index (χ4n) is 2.07. The molecule has 0 aliphatic heterocycles. The van der Waals surface area contributed by atoms with Crippen molar-refractivity contribution in [3.63, 3.8) is 0 Å².